The first kappa shape index (κ1) is 34.9. The van der Waals surface area contributed by atoms with Gasteiger partial charge in [0.05, 0.1) is 6.04 Å². The topological polar surface area (TPSA) is 157 Å². The monoisotopic (exact) mass is 652 g/mol. The number of nitrogens with two attached hydrogens (primary N) is 1. The minimum Gasteiger partial charge on any atom is -0.440 e. The number of Topliss-reactive ketones (excluding diaryl/α,β-unsaturated/α-hetero) is 1. The highest BCUT2D eigenvalue weighted by Gasteiger charge is 2.39. The third-order valence-electron chi connectivity index (χ3n) is 9.26. The van der Waals surface area contributed by atoms with Crippen molar-refractivity contribution in [2.75, 3.05) is 6.54 Å². The molecule has 10 nitrogen and oxygen atoms in total. The van der Waals surface area contributed by atoms with Crippen molar-refractivity contribution in [2.24, 2.45) is 17.6 Å². The largest absolute Gasteiger partial charge is 0.440 e. The smallest absolute Gasteiger partial charge is 0.408 e. The van der Waals surface area contributed by atoms with E-state index >= 15 is 0 Å². The Balaban J connectivity index is 1.59. The number of carbonyl (C=O) groups excluding carboxylic acids is 5. The van der Waals surface area contributed by atoms with Crippen molar-refractivity contribution in [2.45, 2.75) is 95.7 Å². The molecule has 46 heavy (non-hydrogen) atoms. The number of halogens is 1. The molecule has 2 aromatic rings. The Morgan fingerprint density at radius 2 is 1.70 bits per heavy atom. The molecule has 1 saturated carbocycles. The fourth-order valence-corrected chi connectivity index (χ4v) is 6.80. The number of hydrogen-bond donors (Lipinski definition) is 4. The van der Waals surface area contributed by atoms with Crippen LogP contribution >= 0.6 is 11.6 Å². The van der Waals surface area contributed by atoms with Crippen molar-refractivity contribution in [3.05, 3.63) is 70.2 Å². The molecule has 1 aliphatic heterocycles. The van der Waals surface area contributed by atoms with Gasteiger partial charge in [-0.05, 0) is 55.4 Å². The van der Waals surface area contributed by atoms with Crippen LogP contribution in [0.5, 0.6) is 0 Å². The van der Waals surface area contributed by atoms with Crippen LogP contribution in [-0.2, 0) is 29.3 Å². The van der Waals surface area contributed by atoms with Crippen LogP contribution < -0.4 is 21.7 Å². The van der Waals surface area contributed by atoms with E-state index in [0.717, 1.165) is 48.8 Å². The van der Waals surface area contributed by atoms with Gasteiger partial charge in [-0.1, -0.05) is 99.5 Å². The van der Waals surface area contributed by atoms with E-state index in [1.165, 1.54) is 0 Å². The van der Waals surface area contributed by atoms with Crippen molar-refractivity contribution in [1.29, 1.82) is 0 Å². The molecule has 0 aromatic heterocycles. The molecule has 248 valence electrons. The summed E-state index contributed by atoms with van der Waals surface area (Å²) in [6, 6.07) is 12.7. The molecule has 4 rings (SSSR count). The van der Waals surface area contributed by atoms with Gasteiger partial charge in [0.15, 0.2) is 0 Å². The van der Waals surface area contributed by atoms with Gasteiger partial charge in [0.25, 0.3) is 5.91 Å². The van der Waals surface area contributed by atoms with Crippen LogP contribution in [0.4, 0.5) is 4.79 Å². The number of alkyl carbamates (subject to hydrolysis) is 1. The Labute approximate surface area is 275 Å². The zero-order valence-corrected chi connectivity index (χ0v) is 27.5. The maximum Gasteiger partial charge on any atom is 0.408 e. The molecule has 2 aromatic carbocycles. The summed E-state index contributed by atoms with van der Waals surface area (Å²) in [5, 5.41) is 8.68. The van der Waals surface area contributed by atoms with Crippen molar-refractivity contribution in [3.63, 3.8) is 0 Å². The molecule has 0 bridgehead atoms. The van der Waals surface area contributed by atoms with Crippen molar-refractivity contribution in [3.8, 4) is 0 Å². The molecule has 11 heteroatoms. The normalized spacial score (nSPS) is 19.0. The standard InChI is InChI=1S/C35H45ClN4O6/c1-21-9-7-12-23(17-21)30(35(2,3)25-13-8-14-26(36)20-25)46-34(45)40-28(18-22-10-5-4-6-11-22)33(44)39-27(29(41)31(37)42)19-24-15-16-38-32(24)43/h7-9,12-14,17,20,22,24,27-28,30H,4-6,10-11,15-16,18-19H2,1-3H3,(H2,37,42)(H,38,43)(H,39,44)(H,40,45)/t24-,27-,28-,30?/m0/s1. The Morgan fingerprint density at radius 3 is 2.33 bits per heavy atom. The number of primary amides is 1. The molecular weight excluding hydrogens is 608 g/mol. The van der Waals surface area contributed by atoms with Crippen molar-refractivity contribution in [1.82, 2.24) is 16.0 Å². The average Bonchev–Trinajstić information content (AvgIpc) is 3.42. The number of rotatable bonds is 13. The molecule has 4 atom stereocenters. The van der Waals surface area contributed by atoms with Gasteiger partial charge in [0.1, 0.15) is 12.1 Å². The molecule has 0 radical (unpaired) electrons. The second-order valence-corrected chi connectivity index (χ2v) is 13.6. The summed E-state index contributed by atoms with van der Waals surface area (Å²) in [5.74, 6) is -3.46. The van der Waals surface area contributed by atoms with E-state index in [1.54, 1.807) is 6.07 Å². The molecular formula is C35H45ClN4O6. The number of carbonyl (C=O) groups is 5. The van der Waals surface area contributed by atoms with Gasteiger partial charge < -0.3 is 26.4 Å². The van der Waals surface area contributed by atoms with Crippen LogP contribution in [0.2, 0.25) is 5.02 Å². The summed E-state index contributed by atoms with van der Waals surface area (Å²) >= 11 is 6.33. The van der Waals surface area contributed by atoms with Gasteiger partial charge in [0, 0.05) is 22.9 Å². The fourth-order valence-electron chi connectivity index (χ4n) is 6.61. The van der Waals surface area contributed by atoms with Crippen LogP contribution in [0.15, 0.2) is 48.5 Å². The van der Waals surface area contributed by atoms with Crippen LogP contribution in [-0.4, -0.2) is 48.2 Å². The number of ether oxygens (including phenoxy) is 1. The Morgan fingerprint density at radius 1 is 0.978 bits per heavy atom. The third-order valence-corrected chi connectivity index (χ3v) is 9.49. The predicted octanol–water partition coefficient (Wildman–Crippen LogP) is 4.80. The van der Waals surface area contributed by atoms with E-state index in [-0.39, 0.29) is 18.2 Å². The summed E-state index contributed by atoms with van der Waals surface area (Å²) in [5.41, 5.74) is 7.21. The zero-order chi connectivity index (χ0) is 33.4. The first-order chi connectivity index (χ1) is 21.8. The van der Waals surface area contributed by atoms with Crippen LogP contribution in [0.3, 0.4) is 0 Å². The number of benzene rings is 2. The summed E-state index contributed by atoms with van der Waals surface area (Å²) in [6.45, 7) is 6.32. The molecule has 5 N–H and O–H groups in total. The highest BCUT2D eigenvalue weighted by Crippen LogP contribution is 2.41. The van der Waals surface area contributed by atoms with Crippen LogP contribution in [0.1, 0.15) is 88.0 Å². The zero-order valence-electron chi connectivity index (χ0n) is 26.8. The third kappa shape index (κ3) is 9.09. The number of hydrogen-bond acceptors (Lipinski definition) is 6. The number of nitrogens with one attached hydrogen (secondary N) is 3. The maximum absolute atomic E-state index is 13.8. The number of ketones is 1. The molecule has 0 spiro atoms. The molecule has 2 fully saturated rings. The summed E-state index contributed by atoms with van der Waals surface area (Å²) in [7, 11) is 0. The summed E-state index contributed by atoms with van der Waals surface area (Å²) in [4.78, 5) is 64.4. The quantitative estimate of drug-likeness (QED) is 0.228. The van der Waals surface area contributed by atoms with Crippen LogP contribution in [0, 0.1) is 18.8 Å². The highest BCUT2D eigenvalue weighted by atomic mass is 35.5. The van der Waals surface area contributed by atoms with Gasteiger partial charge in [-0.15, -0.1) is 0 Å². The molecule has 1 saturated heterocycles. The lowest BCUT2D eigenvalue weighted by atomic mass is 9.76. The van der Waals surface area contributed by atoms with Gasteiger partial charge in [-0.2, -0.15) is 0 Å². The van der Waals surface area contributed by atoms with Crippen molar-refractivity contribution < 1.29 is 28.7 Å². The lowest BCUT2D eigenvalue weighted by molar-refractivity contribution is -0.139. The fraction of sp³-hybridized carbons (Fsp3) is 0.514. The molecule has 2 aliphatic rings. The predicted molar refractivity (Wildman–Crippen MR) is 175 cm³/mol. The minimum absolute atomic E-state index is 0.0663. The second kappa shape index (κ2) is 15.6. The number of amides is 4. The maximum atomic E-state index is 13.8. The van der Waals surface area contributed by atoms with E-state index in [0.29, 0.717) is 24.4 Å². The SMILES string of the molecule is Cc1cccc(C(OC(=O)N[C@@H](CC2CCCCC2)C(=O)N[C@@H](C[C@@H]2CCNC2=O)C(=O)C(N)=O)C(C)(C)c2cccc(Cl)c2)c1. The van der Waals surface area contributed by atoms with E-state index in [9.17, 15) is 24.0 Å². The second-order valence-electron chi connectivity index (χ2n) is 13.2. The molecule has 1 unspecified atom stereocenters. The van der Waals surface area contributed by atoms with E-state index < -0.39 is 53.2 Å². The van der Waals surface area contributed by atoms with Crippen molar-refractivity contribution >= 4 is 41.2 Å². The minimum atomic E-state index is -1.30. The molecule has 1 heterocycles. The lowest BCUT2D eigenvalue weighted by Gasteiger charge is -2.35. The van der Waals surface area contributed by atoms with Gasteiger partial charge in [0.2, 0.25) is 17.6 Å². The first-order valence-corrected chi connectivity index (χ1v) is 16.4. The van der Waals surface area contributed by atoms with Gasteiger partial charge >= 0.3 is 6.09 Å². The highest BCUT2D eigenvalue weighted by molar-refractivity contribution is 6.38. The van der Waals surface area contributed by atoms with E-state index in [2.05, 4.69) is 16.0 Å². The first-order valence-electron chi connectivity index (χ1n) is 16.1. The number of aryl methyl sites for hydroxylation is 1. The van der Waals surface area contributed by atoms with E-state index in [1.807, 2.05) is 63.2 Å². The Kier molecular flexibility index (Phi) is 11.8. The van der Waals surface area contributed by atoms with Crippen LogP contribution in [0.25, 0.3) is 0 Å². The lowest BCUT2D eigenvalue weighted by Crippen LogP contribution is -2.54. The van der Waals surface area contributed by atoms with E-state index in [4.69, 9.17) is 22.1 Å². The summed E-state index contributed by atoms with van der Waals surface area (Å²) in [6.07, 6.45) is 4.13. The van der Waals surface area contributed by atoms with Gasteiger partial charge in [-0.3, -0.25) is 19.2 Å². The molecule has 1 aliphatic carbocycles. The molecule has 4 amide bonds. The Bertz CT molecular complexity index is 1440. The Hall–Kier alpha value is -3.92. The average molecular weight is 653 g/mol. The summed E-state index contributed by atoms with van der Waals surface area (Å²) < 4.78 is 6.17. The van der Waals surface area contributed by atoms with Gasteiger partial charge in [-0.25, -0.2) is 4.79 Å².